The predicted molar refractivity (Wildman–Crippen MR) is 47.0 cm³/mol. The van der Waals surface area contributed by atoms with Gasteiger partial charge in [0.25, 0.3) is 0 Å². The van der Waals surface area contributed by atoms with Crippen molar-refractivity contribution in [3.05, 3.63) is 35.4 Å². The van der Waals surface area contributed by atoms with Crippen molar-refractivity contribution < 1.29 is 9.22 Å². The van der Waals surface area contributed by atoms with E-state index in [2.05, 4.69) is 14.9 Å². The summed E-state index contributed by atoms with van der Waals surface area (Å²) in [4.78, 5) is 11.1. The standard InChI is InChI=1S/C9H9O2Si/c1-2-7-5-3-4-6-8(7)9(10)11-12/h3-6H,2H2,1H3. The zero-order valence-electron chi connectivity index (χ0n) is 6.83. The summed E-state index contributed by atoms with van der Waals surface area (Å²) in [5, 5.41) is 0. The van der Waals surface area contributed by atoms with E-state index in [1.54, 1.807) is 6.07 Å². The van der Waals surface area contributed by atoms with Gasteiger partial charge in [0.15, 0.2) is 0 Å². The van der Waals surface area contributed by atoms with Crippen molar-refractivity contribution in [1.29, 1.82) is 0 Å². The molecule has 0 unspecified atom stereocenters. The highest BCUT2D eigenvalue weighted by Gasteiger charge is 2.07. The van der Waals surface area contributed by atoms with Crippen LogP contribution in [0.4, 0.5) is 0 Å². The molecule has 3 radical (unpaired) electrons. The average molecular weight is 177 g/mol. The summed E-state index contributed by atoms with van der Waals surface area (Å²) >= 11 is 0. The lowest BCUT2D eigenvalue weighted by Gasteiger charge is -2.03. The second kappa shape index (κ2) is 4.06. The molecule has 0 aliphatic heterocycles. The van der Waals surface area contributed by atoms with Gasteiger partial charge in [-0.25, -0.2) is 4.79 Å². The molecule has 0 fully saturated rings. The molecule has 3 heteroatoms. The molecular formula is C9H9O2Si. The summed E-state index contributed by atoms with van der Waals surface area (Å²) in [5.74, 6) is -0.343. The van der Waals surface area contributed by atoms with Crippen LogP contribution in [0.1, 0.15) is 22.8 Å². The van der Waals surface area contributed by atoms with E-state index in [4.69, 9.17) is 0 Å². The zero-order chi connectivity index (χ0) is 8.97. The molecule has 0 aromatic heterocycles. The molecule has 1 aromatic rings. The third-order valence-corrected chi connectivity index (χ3v) is 1.90. The Balaban J connectivity index is 3.04. The minimum Gasteiger partial charge on any atom is -0.513 e. The Kier molecular flexibility index (Phi) is 3.05. The minimum absolute atomic E-state index is 0.343. The average Bonchev–Trinajstić information content (AvgIpc) is 2.16. The summed E-state index contributed by atoms with van der Waals surface area (Å²) in [6.45, 7) is 2.00. The Morgan fingerprint density at radius 2 is 2.17 bits per heavy atom. The molecule has 2 nitrogen and oxygen atoms in total. The van der Waals surface area contributed by atoms with Crippen LogP contribution < -0.4 is 0 Å². The number of hydrogen-bond donors (Lipinski definition) is 0. The summed E-state index contributed by atoms with van der Waals surface area (Å²) in [5.41, 5.74) is 1.62. The van der Waals surface area contributed by atoms with Gasteiger partial charge in [0.05, 0.1) is 5.56 Å². The fourth-order valence-corrected chi connectivity index (χ4v) is 1.19. The minimum atomic E-state index is -0.343. The van der Waals surface area contributed by atoms with Crippen molar-refractivity contribution in [1.82, 2.24) is 0 Å². The molecule has 1 aromatic carbocycles. The molecule has 0 amide bonds. The quantitative estimate of drug-likeness (QED) is 0.640. The molecular weight excluding hydrogens is 168 g/mol. The van der Waals surface area contributed by atoms with E-state index in [0.717, 1.165) is 12.0 Å². The number of benzene rings is 1. The molecule has 61 valence electrons. The van der Waals surface area contributed by atoms with E-state index >= 15 is 0 Å². The van der Waals surface area contributed by atoms with Gasteiger partial charge in [-0.3, -0.25) is 0 Å². The van der Waals surface area contributed by atoms with Gasteiger partial charge in [0.2, 0.25) is 0 Å². The highest BCUT2D eigenvalue weighted by Crippen LogP contribution is 2.09. The molecule has 0 spiro atoms. The van der Waals surface area contributed by atoms with Crippen LogP contribution in [0.15, 0.2) is 24.3 Å². The van der Waals surface area contributed by atoms with Crippen LogP contribution in [0.3, 0.4) is 0 Å². The molecule has 0 saturated heterocycles. The molecule has 0 bridgehead atoms. The highest BCUT2D eigenvalue weighted by molar-refractivity contribution is 6.09. The number of hydrogen-bond acceptors (Lipinski definition) is 2. The number of carbonyl (C=O) groups is 1. The third-order valence-electron chi connectivity index (χ3n) is 1.71. The summed E-state index contributed by atoms with van der Waals surface area (Å²) in [6, 6.07) is 7.39. The van der Waals surface area contributed by atoms with E-state index in [9.17, 15) is 4.79 Å². The Bertz CT molecular complexity index is 284. The SMILES string of the molecule is CCc1ccccc1C(=O)O[Si]. The van der Waals surface area contributed by atoms with Crippen LogP contribution in [-0.2, 0) is 10.8 Å². The third kappa shape index (κ3) is 1.74. The maximum Gasteiger partial charge on any atom is 0.345 e. The van der Waals surface area contributed by atoms with E-state index in [-0.39, 0.29) is 5.97 Å². The molecule has 0 aliphatic carbocycles. The fraction of sp³-hybridized carbons (Fsp3) is 0.222. The second-order valence-electron chi connectivity index (χ2n) is 2.40. The molecule has 12 heavy (non-hydrogen) atoms. The molecule has 0 aliphatic rings. The number of carbonyl (C=O) groups excluding carboxylic acids is 1. The molecule has 0 N–H and O–H groups in total. The monoisotopic (exact) mass is 177 g/mol. The van der Waals surface area contributed by atoms with Crippen molar-refractivity contribution in [2.75, 3.05) is 0 Å². The van der Waals surface area contributed by atoms with Gasteiger partial charge in [0.1, 0.15) is 0 Å². The van der Waals surface area contributed by atoms with Crippen LogP contribution >= 0.6 is 0 Å². The summed E-state index contributed by atoms with van der Waals surface area (Å²) in [6.07, 6.45) is 0.831. The van der Waals surface area contributed by atoms with Crippen molar-refractivity contribution in [2.45, 2.75) is 13.3 Å². The fourth-order valence-electron chi connectivity index (χ4n) is 1.08. The maximum absolute atomic E-state index is 11.1. The lowest BCUT2D eigenvalue weighted by Crippen LogP contribution is -2.05. The normalized spacial score (nSPS) is 9.50. The Labute approximate surface area is 75.1 Å². The summed E-state index contributed by atoms with van der Waals surface area (Å²) < 4.78 is 4.45. The van der Waals surface area contributed by atoms with E-state index in [1.807, 2.05) is 25.1 Å². The lowest BCUT2D eigenvalue weighted by atomic mass is 10.1. The maximum atomic E-state index is 11.1. The van der Waals surface area contributed by atoms with Crippen molar-refractivity contribution in [3.8, 4) is 0 Å². The Morgan fingerprint density at radius 3 is 2.75 bits per heavy atom. The predicted octanol–water partition coefficient (Wildman–Crippen LogP) is 1.49. The van der Waals surface area contributed by atoms with Crippen LogP contribution in [0, 0.1) is 0 Å². The first-order valence-corrected chi connectivity index (χ1v) is 4.16. The van der Waals surface area contributed by atoms with Crippen LogP contribution in [0.5, 0.6) is 0 Å². The smallest absolute Gasteiger partial charge is 0.345 e. The Morgan fingerprint density at radius 1 is 1.50 bits per heavy atom. The van der Waals surface area contributed by atoms with Gasteiger partial charge in [-0.2, -0.15) is 0 Å². The van der Waals surface area contributed by atoms with E-state index in [1.165, 1.54) is 0 Å². The molecule has 0 atom stereocenters. The van der Waals surface area contributed by atoms with Gasteiger partial charge in [-0.05, 0) is 18.1 Å². The number of rotatable bonds is 2. The van der Waals surface area contributed by atoms with Gasteiger partial charge >= 0.3 is 16.5 Å². The van der Waals surface area contributed by atoms with Gasteiger partial charge in [-0.15, -0.1) is 0 Å². The second-order valence-corrected chi connectivity index (χ2v) is 2.60. The highest BCUT2D eigenvalue weighted by atomic mass is 28.2. The molecule has 1 rings (SSSR count). The molecule has 0 saturated carbocycles. The first kappa shape index (κ1) is 9.00. The Hall–Kier alpha value is -1.09. The van der Waals surface area contributed by atoms with Crippen LogP contribution in [0.25, 0.3) is 0 Å². The van der Waals surface area contributed by atoms with E-state index < -0.39 is 0 Å². The first-order valence-electron chi connectivity index (χ1n) is 3.75. The topological polar surface area (TPSA) is 26.3 Å². The lowest BCUT2D eigenvalue weighted by molar-refractivity contribution is 0.0748. The van der Waals surface area contributed by atoms with Crippen molar-refractivity contribution >= 4 is 16.5 Å². The van der Waals surface area contributed by atoms with Crippen molar-refractivity contribution in [2.24, 2.45) is 0 Å². The van der Waals surface area contributed by atoms with Gasteiger partial charge < -0.3 is 4.43 Å². The van der Waals surface area contributed by atoms with Gasteiger partial charge in [-0.1, -0.05) is 25.1 Å². The van der Waals surface area contributed by atoms with Crippen LogP contribution in [-0.4, -0.2) is 16.5 Å². The van der Waals surface area contributed by atoms with Gasteiger partial charge in [0, 0.05) is 0 Å². The summed E-state index contributed by atoms with van der Waals surface area (Å²) in [7, 11) is 2.71. The molecule has 0 heterocycles. The number of aryl methyl sites for hydroxylation is 1. The zero-order valence-corrected chi connectivity index (χ0v) is 7.83. The largest absolute Gasteiger partial charge is 0.513 e. The van der Waals surface area contributed by atoms with Crippen LogP contribution in [0.2, 0.25) is 0 Å². The first-order chi connectivity index (χ1) is 5.79. The van der Waals surface area contributed by atoms with E-state index in [0.29, 0.717) is 5.56 Å². The van der Waals surface area contributed by atoms with Crippen molar-refractivity contribution in [3.63, 3.8) is 0 Å².